The number of aliphatic hydroxyl groups is 1. The van der Waals surface area contributed by atoms with Crippen molar-refractivity contribution in [3.63, 3.8) is 0 Å². The Hall–Kier alpha value is -2.70. The Morgan fingerprint density at radius 1 is 1.23 bits per heavy atom. The van der Waals surface area contributed by atoms with Crippen LogP contribution in [0.3, 0.4) is 0 Å². The number of benzene rings is 2. The second-order valence-corrected chi connectivity index (χ2v) is 6.62. The summed E-state index contributed by atoms with van der Waals surface area (Å²) in [5.74, 6) is -0.988. The van der Waals surface area contributed by atoms with Crippen LogP contribution >= 0.6 is 11.3 Å². The van der Waals surface area contributed by atoms with E-state index in [9.17, 15) is 14.3 Å². The average molecular weight is 371 g/mol. The van der Waals surface area contributed by atoms with Crippen LogP contribution in [0.4, 0.5) is 4.39 Å². The number of hydrogen-bond acceptors (Lipinski definition) is 4. The minimum Gasteiger partial charge on any atom is -0.494 e. The second-order valence-electron chi connectivity index (χ2n) is 5.67. The highest BCUT2D eigenvalue weighted by Gasteiger charge is 2.13. The summed E-state index contributed by atoms with van der Waals surface area (Å²) in [5.41, 5.74) is 1.95. The first-order valence-corrected chi connectivity index (χ1v) is 8.90. The van der Waals surface area contributed by atoms with Crippen LogP contribution in [0, 0.1) is 5.82 Å². The quantitative estimate of drug-likeness (QED) is 0.688. The van der Waals surface area contributed by atoms with Gasteiger partial charge in [0, 0.05) is 17.0 Å². The van der Waals surface area contributed by atoms with Crippen LogP contribution in [-0.2, 0) is 0 Å². The van der Waals surface area contributed by atoms with E-state index in [1.54, 1.807) is 11.3 Å². The van der Waals surface area contributed by atoms with Gasteiger partial charge in [-0.15, -0.1) is 11.3 Å². The molecule has 3 aromatic rings. The van der Waals surface area contributed by atoms with E-state index in [0.29, 0.717) is 5.56 Å². The molecule has 2 N–H and O–H groups in total. The molecule has 0 bridgehead atoms. The molecule has 2 aromatic carbocycles. The maximum absolute atomic E-state index is 13.7. The molecule has 4 nitrogen and oxygen atoms in total. The smallest absolute Gasteiger partial charge is 0.251 e. The Bertz CT molecular complexity index is 879. The number of aliphatic hydroxyl groups excluding tert-OH is 1. The van der Waals surface area contributed by atoms with Gasteiger partial charge >= 0.3 is 0 Å². The third-order valence-corrected chi connectivity index (χ3v) is 4.89. The van der Waals surface area contributed by atoms with E-state index in [-0.39, 0.29) is 17.9 Å². The first kappa shape index (κ1) is 18.1. The number of carbonyl (C=O) groups is 1. The van der Waals surface area contributed by atoms with E-state index < -0.39 is 17.8 Å². The van der Waals surface area contributed by atoms with Gasteiger partial charge in [-0.05, 0) is 40.8 Å². The molecule has 1 atom stereocenters. The number of nitrogens with one attached hydrogen (secondary N) is 1. The topological polar surface area (TPSA) is 58.6 Å². The molecular formula is C20H18FNO3S. The lowest BCUT2D eigenvalue weighted by atomic mass is 10.1. The Morgan fingerprint density at radius 2 is 2.00 bits per heavy atom. The van der Waals surface area contributed by atoms with Crippen LogP contribution < -0.4 is 10.1 Å². The molecule has 0 aliphatic rings. The first-order chi connectivity index (χ1) is 12.6. The zero-order valence-corrected chi connectivity index (χ0v) is 14.9. The van der Waals surface area contributed by atoms with Crippen LogP contribution in [0.1, 0.15) is 22.0 Å². The molecule has 0 saturated heterocycles. The van der Waals surface area contributed by atoms with Gasteiger partial charge in [0.2, 0.25) is 0 Å². The van der Waals surface area contributed by atoms with Gasteiger partial charge in [-0.3, -0.25) is 4.79 Å². The van der Waals surface area contributed by atoms with Crippen molar-refractivity contribution < 1.29 is 19.0 Å². The van der Waals surface area contributed by atoms with E-state index in [2.05, 4.69) is 5.32 Å². The van der Waals surface area contributed by atoms with Crippen molar-refractivity contribution in [2.75, 3.05) is 13.7 Å². The molecule has 0 radical (unpaired) electrons. The largest absolute Gasteiger partial charge is 0.494 e. The third kappa shape index (κ3) is 4.09. The number of thiophene rings is 1. The highest BCUT2D eigenvalue weighted by molar-refractivity contribution is 7.13. The minimum absolute atomic E-state index is 0.0326. The fourth-order valence-electron chi connectivity index (χ4n) is 2.53. The molecule has 1 amide bonds. The van der Waals surface area contributed by atoms with Crippen molar-refractivity contribution in [1.29, 1.82) is 0 Å². The van der Waals surface area contributed by atoms with Gasteiger partial charge in [-0.1, -0.05) is 30.3 Å². The summed E-state index contributed by atoms with van der Waals surface area (Å²) in [6, 6.07) is 15.5. The lowest BCUT2D eigenvalue weighted by Crippen LogP contribution is -2.28. The Morgan fingerprint density at radius 3 is 2.62 bits per heavy atom. The molecule has 0 spiro atoms. The predicted octanol–water partition coefficient (Wildman–Crippen LogP) is 4.03. The van der Waals surface area contributed by atoms with Crippen molar-refractivity contribution in [3.8, 4) is 16.2 Å². The van der Waals surface area contributed by atoms with Crippen LogP contribution in [0.25, 0.3) is 10.4 Å². The number of ether oxygens (including phenoxy) is 1. The van der Waals surface area contributed by atoms with Crippen LogP contribution in [0.2, 0.25) is 0 Å². The SMILES string of the molecule is COc1ccc(C(=O)NCC(O)c2ccc(-c3cccs3)cc2)cc1F. The van der Waals surface area contributed by atoms with Gasteiger partial charge in [0.05, 0.1) is 13.2 Å². The van der Waals surface area contributed by atoms with Gasteiger partial charge in [0.1, 0.15) is 0 Å². The molecule has 1 heterocycles. The van der Waals surface area contributed by atoms with E-state index in [4.69, 9.17) is 4.74 Å². The molecule has 1 unspecified atom stereocenters. The fraction of sp³-hybridized carbons (Fsp3) is 0.150. The van der Waals surface area contributed by atoms with Crippen LogP contribution in [0.5, 0.6) is 5.75 Å². The highest BCUT2D eigenvalue weighted by atomic mass is 32.1. The number of methoxy groups -OCH3 is 1. The van der Waals surface area contributed by atoms with E-state index in [1.807, 2.05) is 41.8 Å². The van der Waals surface area contributed by atoms with Crippen molar-refractivity contribution >= 4 is 17.2 Å². The normalized spacial score (nSPS) is 11.8. The summed E-state index contributed by atoms with van der Waals surface area (Å²) < 4.78 is 18.5. The summed E-state index contributed by atoms with van der Waals surface area (Å²) in [6.45, 7) is 0.0326. The van der Waals surface area contributed by atoms with E-state index in [1.165, 1.54) is 19.2 Å². The number of rotatable bonds is 6. The zero-order valence-electron chi connectivity index (χ0n) is 14.1. The first-order valence-electron chi connectivity index (χ1n) is 8.02. The van der Waals surface area contributed by atoms with Crippen molar-refractivity contribution in [3.05, 3.63) is 76.9 Å². The molecule has 26 heavy (non-hydrogen) atoms. The molecule has 3 rings (SSSR count). The second kappa shape index (κ2) is 8.12. The predicted molar refractivity (Wildman–Crippen MR) is 100 cm³/mol. The molecule has 1 aromatic heterocycles. The highest BCUT2D eigenvalue weighted by Crippen LogP contribution is 2.26. The lowest BCUT2D eigenvalue weighted by Gasteiger charge is -2.13. The molecule has 6 heteroatoms. The zero-order chi connectivity index (χ0) is 18.5. The Balaban J connectivity index is 1.60. The number of carbonyl (C=O) groups excluding carboxylic acids is 1. The Kier molecular flexibility index (Phi) is 5.65. The third-order valence-electron chi connectivity index (χ3n) is 3.97. The van der Waals surface area contributed by atoms with Gasteiger partial charge in [-0.2, -0.15) is 0 Å². The molecular weight excluding hydrogens is 353 g/mol. The summed E-state index contributed by atoms with van der Waals surface area (Å²) in [5, 5.41) is 14.9. The summed E-state index contributed by atoms with van der Waals surface area (Å²) in [6.07, 6.45) is -0.848. The van der Waals surface area contributed by atoms with E-state index >= 15 is 0 Å². The standard InChI is InChI=1S/C20H18FNO3S/c1-25-18-9-8-15(11-16(18)21)20(24)22-12-17(23)13-4-6-14(7-5-13)19-3-2-10-26-19/h2-11,17,23H,12H2,1H3,(H,22,24). The monoisotopic (exact) mass is 371 g/mol. The van der Waals surface area contributed by atoms with Gasteiger partial charge in [0.25, 0.3) is 5.91 Å². The fourth-order valence-corrected chi connectivity index (χ4v) is 3.26. The number of hydrogen-bond donors (Lipinski definition) is 2. The van der Waals surface area contributed by atoms with Crippen LogP contribution in [0.15, 0.2) is 60.0 Å². The van der Waals surface area contributed by atoms with Crippen molar-refractivity contribution in [2.45, 2.75) is 6.10 Å². The maximum atomic E-state index is 13.7. The van der Waals surface area contributed by atoms with Gasteiger partial charge in [0.15, 0.2) is 11.6 Å². The average Bonchev–Trinajstić information content (AvgIpc) is 3.20. The molecule has 0 fully saturated rings. The van der Waals surface area contributed by atoms with Crippen molar-refractivity contribution in [2.24, 2.45) is 0 Å². The number of halogens is 1. The van der Waals surface area contributed by atoms with Gasteiger partial charge < -0.3 is 15.2 Å². The molecule has 134 valence electrons. The molecule has 0 aliphatic carbocycles. The number of amides is 1. The van der Waals surface area contributed by atoms with Crippen LogP contribution in [-0.4, -0.2) is 24.7 Å². The summed E-state index contributed by atoms with van der Waals surface area (Å²) in [4.78, 5) is 13.3. The minimum atomic E-state index is -0.848. The summed E-state index contributed by atoms with van der Waals surface area (Å²) >= 11 is 1.65. The van der Waals surface area contributed by atoms with E-state index in [0.717, 1.165) is 16.5 Å². The molecule has 0 saturated carbocycles. The maximum Gasteiger partial charge on any atom is 0.251 e. The van der Waals surface area contributed by atoms with Gasteiger partial charge in [-0.25, -0.2) is 4.39 Å². The Labute approximate surface area is 154 Å². The lowest BCUT2D eigenvalue weighted by molar-refractivity contribution is 0.0916. The van der Waals surface area contributed by atoms with Crippen molar-refractivity contribution in [1.82, 2.24) is 5.32 Å². The molecule has 0 aliphatic heterocycles. The summed E-state index contributed by atoms with van der Waals surface area (Å²) in [7, 11) is 1.36.